The van der Waals surface area contributed by atoms with Crippen molar-refractivity contribution in [1.82, 2.24) is 10.6 Å². The molecule has 0 fully saturated rings. The van der Waals surface area contributed by atoms with Crippen molar-refractivity contribution in [3.8, 4) is 5.75 Å². The van der Waals surface area contributed by atoms with Gasteiger partial charge in [0.1, 0.15) is 5.75 Å². The fourth-order valence-electron chi connectivity index (χ4n) is 3.14. The van der Waals surface area contributed by atoms with Gasteiger partial charge in [0, 0.05) is 18.0 Å². The van der Waals surface area contributed by atoms with E-state index in [1.807, 2.05) is 6.07 Å². The number of thioether (sulfide) groups is 1. The molecule has 0 radical (unpaired) electrons. The second-order valence-corrected chi connectivity index (χ2v) is 7.35. The molecule has 1 unspecified atom stereocenters. The topological polar surface area (TPSA) is 103 Å². The van der Waals surface area contributed by atoms with E-state index >= 15 is 0 Å². The van der Waals surface area contributed by atoms with Gasteiger partial charge in [0.2, 0.25) is 6.41 Å². The number of carbonyl (C=O) groups excluding carboxylic acids is 3. The molecule has 1 atom stereocenters. The van der Waals surface area contributed by atoms with Crippen LogP contribution in [-0.2, 0) is 23.9 Å². The van der Waals surface area contributed by atoms with Crippen LogP contribution in [0.3, 0.4) is 0 Å². The fraction of sp³-hybridized carbons (Fsp3) is 0.381. The van der Waals surface area contributed by atoms with Crippen LogP contribution in [-0.4, -0.2) is 51.5 Å². The van der Waals surface area contributed by atoms with E-state index in [1.54, 1.807) is 39.2 Å². The predicted molar refractivity (Wildman–Crippen MR) is 114 cm³/mol. The van der Waals surface area contributed by atoms with E-state index in [1.165, 1.54) is 18.9 Å². The van der Waals surface area contributed by atoms with Crippen LogP contribution in [0.15, 0.2) is 46.1 Å². The van der Waals surface area contributed by atoms with Gasteiger partial charge in [0.25, 0.3) is 0 Å². The molecule has 1 amide bonds. The quantitative estimate of drug-likeness (QED) is 0.328. The van der Waals surface area contributed by atoms with Crippen molar-refractivity contribution in [2.45, 2.75) is 19.8 Å². The minimum atomic E-state index is -0.700. The van der Waals surface area contributed by atoms with Crippen LogP contribution < -0.4 is 15.4 Å². The van der Waals surface area contributed by atoms with E-state index in [0.29, 0.717) is 51.9 Å². The van der Waals surface area contributed by atoms with Gasteiger partial charge in [-0.25, -0.2) is 9.59 Å². The summed E-state index contributed by atoms with van der Waals surface area (Å²) in [6.45, 7) is 4.09. The van der Waals surface area contributed by atoms with Crippen molar-refractivity contribution >= 4 is 30.1 Å². The third-order valence-electron chi connectivity index (χ3n) is 4.43. The van der Waals surface area contributed by atoms with Crippen LogP contribution in [0.1, 0.15) is 25.3 Å². The van der Waals surface area contributed by atoms with Crippen LogP contribution >= 0.6 is 11.8 Å². The number of methoxy groups -OCH3 is 2. The zero-order valence-corrected chi connectivity index (χ0v) is 18.3. The summed E-state index contributed by atoms with van der Waals surface area (Å²) in [5.41, 5.74) is 1.91. The molecule has 1 heterocycles. The van der Waals surface area contributed by atoms with E-state index in [2.05, 4.69) is 10.6 Å². The average Bonchev–Trinajstić information content (AvgIpc) is 2.75. The summed E-state index contributed by atoms with van der Waals surface area (Å²) in [6.07, 6.45) is 0.620. The Morgan fingerprint density at radius 3 is 2.63 bits per heavy atom. The predicted octanol–water partition coefficient (Wildman–Crippen LogP) is 2.08. The second-order valence-electron chi connectivity index (χ2n) is 6.25. The van der Waals surface area contributed by atoms with Crippen LogP contribution in [0.2, 0.25) is 0 Å². The second kappa shape index (κ2) is 11.3. The van der Waals surface area contributed by atoms with E-state index in [9.17, 15) is 14.4 Å². The van der Waals surface area contributed by atoms with Crippen LogP contribution in [0, 0.1) is 0 Å². The summed E-state index contributed by atoms with van der Waals surface area (Å²) in [7, 11) is 2.85. The van der Waals surface area contributed by atoms with E-state index in [4.69, 9.17) is 14.2 Å². The highest BCUT2D eigenvalue weighted by Gasteiger charge is 2.39. The van der Waals surface area contributed by atoms with Crippen molar-refractivity contribution in [2.75, 3.05) is 33.1 Å². The zero-order chi connectivity index (χ0) is 22.1. The van der Waals surface area contributed by atoms with Crippen LogP contribution in [0.25, 0.3) is 0 Å². The number of rotatable bonds is 10. The number of ether oxygens (including phenoxy) is 3. The molecule has 162 valence electrons. The van der Waals surface area contributed by atoms with Gasteiger partial charge >= 0.3 is 11.9 Å². The summed E-state index contributed by atoms with van der Waals surface area (Å²) in [5, 5.41) is 6.31. The Labute approximate surface area is 180 Å². The van der Waals surface area contributed by atoms with Crippen molar-refractivity contribution in [3.63, 3.8) is 0 Å². The van der Waals surface area contributed by atoms with Gasteiger partial charge in [-0.2, -0.15) is 0 Å². The van der Waals surface area contributed by atoms with Gasteiger partial charge in [-0.3, -0.25) is 4.79 Å². The van der Waals surface area contributed by atoms with Gasteiger partial charge in [-0.15, -0.1) is 11.8 Å². The number of dihydropyridines is 1. The van der Waals surface area contributed by atoms with Crippen LogP contribution in [0.5, 0.6) is 5.75 Å². The highest BCUT2D eigenvalue weighted by atomic mass is 32.2. The molecular weight excluding hydrogens is 408 g/mol. The lowest BCUT2D eigenvalue weighted by Gasteiger charge is -2.31. The summed E-state index contributed by atoms with van der Waals surface area (Å²) < 4.78 is 15.7. The van der Waals surface area contributed by atoms with Gasteiger partial charge < -0.3 is 24.8 Å². The molecule has 9 heteroatoms. The lowest BCUT2D eigenvalue weighted by molar-refractivity contribution is -0.139. The van der Waals surface area contributed by atoms with Gasteiger partial charge in [-0.1, -0.05) is 12.1 Å². The number of nitrogens with one attached hydrogen (secondary N) is 2. The first kappa shape index (κ1) is 23.3. The molecule has 0 saturated carbocycles. The minimum Gasteiger partial charge on any atom is -0.497 e. The van der Waals surface area contributed by atoms with Gasteiger partial charge in [0.05, 0.1) is 42.9 Å². The molecule has 0 saturated heterocycles. The Morgan fingerprint density at radius 2 is 2.00 bits per heavy atom. The summed E-state index contributed by atoms with van der Waals surface area (Å²) in [5.74, 6) is -0.649. The largest absolute Gasteiger partial charge is 0.497 e. The van der Waals surface area contributed by atoms with Crippen molar-refractivity contribution in [3.05, 3.63) is 51.7 Å². The van der Waals surface area contributed by atoms with E-state index < -0.39 is 17.9 Å². The number of carbonyl (C=O) groups is 3. The molecule has 1 aliphatic rings. The third kappa shape index (κ3) is 5.35. The molecule has 1 aromatic rings. The molecule has 1 aliphatic heterocycles. The third-order valence-corrected chi connectivity index (χ3v) is 5.45. The smallest absolute Gasteiger partial charge is 0.337 e. The van der Waals surface area contributed by atoms with Gasteiger partial charge in [-0.05, 0) is 31.5 Å². The summed E-state index contributed by atoms with van der Waals surface area (Å²) >= 11 is 1.36. The first-order chi connectivity index (χ1) is 14.5. The number of esters is 2. The van der Waals surface area contributed by atoms with Crippen molar-refractivity contribution < 1.29 is 28.6 Å². The number of hydrogen-bond acceptors (Lipinski definition) is 8. The van der Waals surface area contributed by atoms with Crippen molar-refractivity contribution in [2.24, 2.45) is 0 Å². The normalized spacial score (nSPS) is 15.9. The molecular formula is C21H26N2O6S. The Kier molecular flexibility index (Phi) is 8.79. The summed E-state index contributed by atoms with van der Waals surface area (Å²) in [6, 6.07) is 7.18. The van der Waals surface area contributed by atoms with Crippen LogP contribution in [0.4, 0.5) is 0 Å². The molecule has 0 spiro atoms. The molecule has 1 aromatic carbocycles. The monoisotopic (exact) mass is 434 g/mol. The Morgan fingerprint density at radius 1 is 1.23 bits per heavy atom. The van der Waals surface area contributed by atoms with E-state index in [0.717, 1.165) is 0 Å². The highest BCUT2D eigenvalue weighted by molar-refractivity contribution is 8.03. The minimum absolute atomic E-state index is 0.189. The maximum Gasteiger partial charge on any atom is 0.337 e. The lowest BCUT2D eigenvalue weighted by Crippen LogP contribution is -2.32. The molecule has 0 aromatic heterocycles. The Balaban J connectivity index is 2.63. The number of hydrogen-bond donors (Lipinski definition) is 2. The Bertz CT molecular complexity index is 865. The standard InChI is InChI=1S/C21H26N2O6S/c1-5-29-21(26)18-17(14-7-6-8-15(11-14)27-3)16(20(25)28-4)13(2)23-19(18)30-10-9-22-12-24/h6-8,11-12,17,23H,5,9-10H2,1-4H3,(H,22,24). The maximum atomic E-state index is 13.0. The molecule has 0 bridgehead atoms. The maximum absolute atomic E-state index is 13.0. The van der Waals surface area contributed by atoms with Gasteiger partial charge in [0.15, 0.2) is 0 Å². The summed E-state index contributed by atoms with van der Waals surface area (Å²) in [4.78, 5) is 36.2. The van der Waals surface area contributed by atoms with Crippen molar-refractivity contribution in [1.29, 1.82) is 0 Å². The number of allylic oxidation sites excluding steroid dienone is 1. The number of benzene rings is 1. The fourth-order valence-corrected chi connectivity index (χ4v) is 4.14. The highest BCUT2D eigenvalue weighted by Crippen LogP contribution is 2.42. The first-order valence-electron chi connectivity index (χ1n) is 9.39. The molecule has 2 rings (SSSR count). The van der Waals surface area contributed by atoms with E-state index in [-0.39, 0.29) is 6.61 Å². The lowest BCUT2D eigenvalue weighted by atomic mass is 9.82. The molecule has 2 N–H and O–H groups in total. The first-order valence-corrected chi connectivity index (χ1v) is 10.4. The molecule has 8 nitrogen and oxygen atoms in total. The average molecular weight is 435 g/mol. The molecule has 30 heavy (non-hydrogen) atoms. The SMILES string of the molecule is CCOC(=O)C1=C(SCCNC=O)NC(C)=C(C(=O)OC)C1c1cccc(OC)c1. The Hall–Kier alpha value is -2.94. The molecule has 0 aliphatic carbocycles. The zero-order valence-electron chi connectivity index (χ0n) is 17.4. The number of amides is 1.